The first-order chi connectivity index (χ1) is 8.22. The first-order valence-electron chi connectivity index (χ1n) is 4.79. The van der Waals surface area contributed by atoms with Crippen LogP contribution in [0.3, 0.4) is 0 Å². The maximum Gasteiger partial charge on any atom is 0.167 e. The summed E-state index contributed by atoms with van der Waals surface area (Å²) in [6.07, 6.45) is 0.785. The van der Waals surface area contributed by atoms with Gasteiger partial charge in [-0.05, 0) is 42.4 Å². The molecule has 0 fully saturated rings. The predicted octanol–water partition coefficient (Wildman–Crippen LogP) is 4.46. The highest BCUT2D eigenvalue weighted by atomic mass is 127. The number of ketones is 1. The van der Waals surface area contributed by atoms with Gasteiger partial charge in [-0.15, -0.1) is 0 Å². The smallest absolute Gasteiger partial charge is 0.167 e. The molecule has 0 N–H and O–H groups in total. The fraction of sp³-hybridized carbons (Fsp3) is 0.273. The van der Waals surface area contributed by atoms with Gasteiger partial charge in [-0.2, -0.15) is 0 Å². The Hall–Kier alpha value is 0.720. The van der Waals surface area contributed by atoms with Crippen LogP contribution in [0, 0.1) is 5.92 Å². The van der Waals surface area contributed by atoms with E-state index in [4.69, 9.17) is 0 Å². The van der Waals surface area contributed by atoms with Crippen molar-refractivity contribution in [2.24, 2.45) is 5.92 Å². The molecule has 0 spiro atoms. The molecule has 92 valence electrons. The summed E-state index contributed by atoms with van der Waals surface area (Å²) in [4.78, 5) is 22.7. The van der Waals surface area contributed by atoms with Crippen molar-refractivity contribution in [3.63, 3.8) is 0 Å². The Morgan fingerprint density at radius 1 is 1.18 bits per heavy atom. The van der Waals surface area contributed by atoms with Gasteiger partial charge in [-0.25, -0.2) is 0 Å². The number of Topliss-reactive ketones (excluding diaryl/α,β-unsaturated/α-hetero) is 1. The minimum Gasteiger partial charge on any atom is -0.298 e. The van der Waals surface area contributed by atoms with E-state index in [1.165, 1.54) is 0 Å². The van der Waals surface area contributed by atoms with Crippen molar-refractivity contribution in [1.29, 1.82) is 0 Å². The molecule has 1 rings (SSSR count). The van der Waals surface area contributed by atoms with E-state index in [9.17, 15) is 9.59 Å². The van der Waals surface area contributed by atoms with E-state index in [0.29, 0.717) is 11.1 Å². The zero-order valence-corrected chi connectivity index (χ0v) is 14.7. The van der Waals surface area contributed by atoms with Gasteiger partial charge in [0.05, 0.1) is 0 Å². The van der Waals surface area contributed by atoms with Gasteiger partial charge < -0.3 is 0 Å². The molecule has 2 nitrogen and oxygen atoms in total. The number of rotatable bonds is 7. The van der Waals surface area contributed by atoms with E-state index in [1.54, 1.807) is 42.1 Å². The molecular formula is C11H10I2O2S2. The third kappa shape index (κ3) is 5.07. The van der Waals surface area contributed by atoms with Gasteiger partial charge >= 0.3 is 0 Å². The second-order valence-corrected chi connectivity index (χ2v) is 8.19. The standard InChI is InChI=1S/C11H10I2O2S2/c12-16-6-10(7-17-13)11(15)9-3-1-8(5-14)2-4-9/h1-5,10H,6-7H2. The largest absolute Gasteiger partial charge is 0.298 e. The molecule has 17 heavy (non-hydrogen) atoms. The lowest BCUT2D eigenvalue weighted by Gasteiger charge is -2.12. The van der Waals surface area contributed by atoms with Gasteiger partial charge in [0.1, 0.15) is 6.29 Å². The van der Waals surface area contributed by atoms with Gasteiger partial charge in [0.15, 0.2) is 5.78 Å². The van der Waals surface area contributed by atoms with Crippen molar-refractivity contribution in [2.45, 2.75) is 0 Å². The maximum absolute atomic E-state index is 12.2. The molecule has 0 aliphatic heterocycles. The third-order valence-electron chi connectivity index (χ3n) is 2.23. The fourth-order valence-electron chi connectivity index (χ4n) is 1.31. The molecule has 0 saturated carbocycles. The van der Waals surface area contributed by atoms with E-state index in [1.807, 2.05) is 0 Å². The average Bonchev–Trinajstić information content (AvgIpc) is 2.38. The first kappa shape index (κ1) is 15.8. The van der Waals surface area contributed by atoms with Crippen LogP contribution in [-0.4, -0.2) is 23.6 Å². The number of benzene rings is 1. The summed E-state index contributed by atoms with van der Waals surface area (Å²) < 4.78 is 0. The molecule has 0 amide bonds. The Morgan fingerprint density at radius 2 is 1.71 bits per heavy atom. The number of hydrogen-bond acceptors (Lipinski definition) is 4. The lowest BCUT2D eigenvalue weighted by atomic mass is 10.00. The molecular weight excluding hydrogens is 482 g/mol. The Morgan fingerprint density at radius 3 is 2.12 bits per heavy atom. The van der Waals surface area contributed by atoms with Crippen molar-refractivity contribution in [2.75, 3.05) is 11.5 Å². The number of carbonyl (C=O) groups excluding carboxylic acids is 2. The number of hydrogen-bond donors (Lipinski definition) is 0. The van der Waals surface area contributed by atoms with E-state index in [-0.39, 0.29) is 11.7 Å². The van der Waals surface area contributed by atoms with Crippen LogP contribution >= 0.6 is 60.3 Å². The maximum atomic E-state index is 12.2. The molecule has 0 bridgehead atoms. The molecule has 0 radical (unpaired) electrons. The Labute approximate surface area is 133 Å². The van der Waals surface area contributed by atoms with Crippen molar-refractivity contribution < 1.29 is 9.59 Å². The van der Waals surface area contributed by atoms with Crippen molar-refractivity contribution in [3.8, 4) is 0 Å². The van der Waals surface area contributed by atoms with Crippen molar-refractivity contribution in [1.82, 2.24) is 0 Å². The van der Waals surface area contributed by atoms with E-state index in [0.717, 1.165) is 17.8 Å². The molecule has 1 aromatic carbocycles. The molecule has 0 aliphatic carbocycles. The highest BCUT2D eigenvalue weighted by molar-refractivity contribution is 14.2. The zero-order valence-electron chi connectivity index (χ0n) is 8.77. The monoisotopic (exact) mass is 492 g/mol. The SMILES string of the molecule is O=Cc1ccc(C(=O)C(CSI)CSI)cc1. The Bertz CT molecular complexity index is 376. The Balaban J connectivity index is 2.80. The minimum atomic E-state index is 0.0425. The van der Waals surface area contributed by atoms with Crippen molar-refractivity contribution in [3.05, 3.63) is 35.4 Å². The predicted molar refractivity (Wildman–Crippen MR) is 92.6 cm³/mol. The van der Waals surface area contributed by atoms with Crippen LogP contribution in [0.5, 0.6) is 0 Å². The highest BCUT2D eigenvalue weighted by Gasteiger charge is 2.19. The molecule has 0 unspecified atom stereocenters. The normalized spacial score (nSPS) is 10.5. The zero-order chi connectivity index (χ0) is 12.7. The summed E-state index contributed by atoms with van der Waals surface area (Å²) in [5.41, 5.74) is 1.29. The third-order valence-corrected chi connectivity index (χ3v) is 5.44. The van der Waals surface area contributed by atoms with E-state index in [2.05, 4.69) is 42.4 Å². The summed E-state index contributed by atoms with van der Waals surface area (Å²) in [5.74, 6) is 1.85. The first-order valence-corrected chi connectivity index (χ1v) is 11.8. The number of aldehydes is 1. The summed E-state index contributed by atoms with van der Waals surface area (Å²) in [5, 5.41) is 0. The van der Waals surface area contributed by atoms with Gasteiger partial charge in [0, 0.05) is 28.6 Å². The minimum absolute atomic E-state index is 0.0425. The molecule has 1 aromatic rings. The van der Waals surface area contributed by atoms with Crippen LogP contribution in [0.2, 0.25) is 0 Å². The molecule has 0 aliphatic rings. The molecule has 0 saturated heterocycles. The topological polar surface area (TPSA) is 34.1 Å². The summed E-state index contributed by atoms with van der Waals surface area (Å²) in [7, 11) is 3.31. The second kappa shape index (κ2) is 8.76. The summed E-state index contributed by atoms with van der Waals surface area (Å²) in [6, 6.07) is 6.83. The molecule has 6 heteroatoms. The molecule has 0 atom stereocenters. The van der Waals surface area contributed by atoms with Crippen LogP contribution < -0.4 is 0 Å². The Kier molecular flexibility index (Phi) is 8.13. The summed E-state index contributed by atoms with van der Waals surface area (Å²) >= 11 is 4.43. The highest BCUT2D eigenvalue weighted by Crippen LogP contribution is 2.25. The van der Waals surface area contributed by atoms with Crippen LogP contribution in [0.1, 0.15) is 20.7 Å². The van der Waals surface area contributed by atoms with Crippen molar-refractivity contribution >= 4 is 72.3 Å². The molecule has 0 aromatic heterocycles. The van der Waals surface area contributed by atoms with Gasteiger partial charge in [-0.3, -0.25) is 9.59 Å². The van der Waals surface area contributed by atoms with E-state index < -0.39 is 0 Å². The lowest BCUT2D eigenvalue weighted by Crippen LogP contribution is -2.19. The van der Waals surface area contributed by atoms with Crippen LogP contribution in [-0.2, 0) is 0 Å². The average molecular weight is 492 g/mol. The quantitative estimate of drug-likeness (QED) is 0.320. The number of carbonyl (C=O) groups is 2. The van der Waals surface area contributed by atoms with Crippen LogP contribution in [0.15, 0.2) is 24.3 Å². The van der Waals surface area contributed by atoms with Crippen LogP contribution in [0.25, 0.3) is 0 Å². The number of halogens is 2. The second-order valence-electron chi connectivity index (χ2n) is 3.35. The van der Waals surface area contributed by atoms with Gasteiger partial charge in [-0.1, -0.05) is 42.1 Å². The van der Waals surface area contributed by atoms with Gasteiger partial charge in [0.25, 0.3) is 0 Å². The molecule has 0 heterocycles. The van der Waals surface area contributed by atoms with Crippen LogP contribution in [0.4, 0.5) is 0 Å². The fourth-order valence-corrected chi connectivity index (χ4v) is 4.91. The van der Waals surface area contributed by atoms with Gasteiger partial charge in [0.2, 0.25) is 0 Å². The lowest BCUT2D eigenvalue weighted by molar-refractivity contribution is 0.0944. The van der Waals surface area contributed by atoms with E-state index >= 15 is 0 Å². The summed E-state index contributed by atoms with van der Waals surface area (Å²) in [6.45, 7) is 0.